The second kappa shape index (κ2) is 9.94. The predicted octanol–water partition coefficient (Wildman–Crippen LogP) is 5.68. The van der Waals surface area contributed by atoms with Crippen molar-refractivity contribution in [2.45, 2.75) is 52.2 Å². The monoisotopic (exact) mass is 445 g/mol. The minimum Gasteiger partial charge on any atom is -0.439 e. The lowest BCUT2D eigenvalue weighted by molar-refractivity contribution is 0.0564. The second-order valence-electron chi connectivity index (χ2n) is 9.42. The van der Waals surface area contributed by atoms with Crippen LogP contribution in [-0.2, 0) is 13.0 Å². The lowest BCUT2D eigenvalue weighted by Crippen LogP contribution is -2.40. The first-order valence-corrected chi connectivity index (χ1v) is 11.9. The zero-order valence-corrected chi connectivity index (χ0v) is 20.0. The first-order chi connectivity index (χ1) is 15.9. The molecule has 1 aromatic heterocycles. The summed E-state index contributed by atoms with van der Waals surface area (Å²) in [6.07, 6.45) is 4.94. The Hall–Kier alpha value is -2.89. The highest BCUT2D eigenvalue weighted by molar-refractivity contribution is 5.44. The zero-order chi connectivity index (χ0) is 23.4. The number of nitrogens with zero attached hydrogens (tertiary/aromatic N) is 3. The van der Waals surface area contributed by atoms with E-state index in [9.17, 15) is 5.11 Å². The van der Waals surface area contributed by atoms with E-state index in [1.807, 2.05) is 54.1 Å². The summed E-state index contributed by atoms with van der Waals surface area (Å²) in [6.45, 7) is 12.0. The van der Waals surface area contributed by atoms with Crippen LogP contribution >= 0.6 is 0 Å². The van der Waals surface area contributed by atoms with E-state index in [2.05, 4.69) is 37.5 Å². The van der Waals surface area contributed by atoms with Gasteiger partial charge in [0, 0.05) is 19.6 Å². The van der Waals surface area contributed by atoms with Gasteiger partial charge in [-0.3, -0.25) is 4.90 Å². The van der Waals surface area contributed by atoms with Crippen molar-refractivity contribution in [3.05, 3.63) is 84.1 Å². The lowest BCUT2D eigenvalue weighted by Gasteiger charge is -2.30. The molecule has 0 amide bonds. The van der Waals surface area contributed by atoms with Gasteiger partial charge in [0.1, 0.15) is 5.75 Å². The number of hydrogen-bond acceptors (Lipinski definition) is 4. The molecule has 0 aliphatic heterocycles. The average molecular weight is 446 g/mol. The second-order valence-corrected chi connectivity index (χ2v) is 9.42. The molecule has 1 saturated carbocycles. The van der Waals surface area contributed by atoms with Crippen LogP contribution < -0.4 is 4.74 Å². The van der Waals surface area contributed by atoms with Crippen molar-refractivity contribution in [3.8, 4) is 17.3 Å². The molecule has 0 bridgehead atoms. The van der Waals surface area contributed by atoms with E-state index < -0.39 is 5.60 Å². The Labute approximate surface area is 197 Å². The highest BCUT2D eigenvalue weighted by atomic mass is 16.5. The van der Waals surface area contributed by atoms with Gasteiger partial charge in [-0.1, -0.05) is 48.9 Å². The van der Waals surface area contributed by atoms with E-state index in [0.717, 1.165) is 41.5 Å². The van der Waals surface area contributed by atoms with Crippen LogP contribution in [0.3, 0.4) is 0 Å². The van der Waals surface area contributed by atoms with E-state index in [-0.39, 0.29) is 0 Å². The summed E-state index contributed by atoms with van der Waals surface area (Å²) < 4.78 is 8.41. The Morgan fingerprint density at radius 1 is 1.18 bits per heavy atom. The molecular formula is C28H35N3O2. The maximum Gasteiger partial charge on any atom is 0.227 e. The molecule has 5 nitrogen and oxygen atoms in total. The van der Waals surface area contributed by atoms with Crippen LogP contribution in [0.5, 0.6) is 11.6 Å². The van der Waals surface area contributed by atoms with Gasteiger partial charge in [-0.15, -0.1) is 6.58 Å². The summed E-state index contributed by atoms with van der Waals surface area (Å²) in [6, 6.07) is 18.2. The number of benzene rings is 2. The van der Waals surface area contributed by atoms with Crippen LogP contribution in [0.1, 0.15) is 43.5 Å². The third-order valence-corrected chi connectivity index (χ3v) is 6.17. The van der Waals surface area contributed by atoms with Crippen LogP contribution in [0.4, 0.5) is 0 Å². The predicted molar refractivity (Wildman–Crippen MR) is 133 cm³/mol. The van der Waals surface area contributed by atoms with E-state index in [4.69, 9.17) is 9.84 Å². The highest BCUT2D eigenvalue weighted by Crippen LogP contribution is 2.35. The molecule has 1 heterocycles. The molecule has 0 saturated heterocycles. The molecule has 1 fully saturated rings. The van der Waals surface area contributed by atoms with Crippen molar-refractivity contribution < 1.29 is 9.84 Å². The Morgan fingerprint density at radius 3 is 2.48 bits per heavy atom. The summed E-state index contributed by atoms with van der Waals surface area (Å²) in [4.78, 5) is 2.33. The van der Waals surface area contributed by atoms with Crippen molar-refractivity contribution >= 4 is 0 Å². The van der Waals surface area contributed by atoms with Gasteiger partial charge < -0.3 is 9.84 Å². The van der Waals surface area contributed by atoms with Crippen molar-refractivity contribution in [1.82, 2.24) is 14.7 Å². The van der Waals surface area contributed by atoms with Crippen LogP contribution in [0.25, 0.3) is 5.69 Å². The maximum absolute atomic E-state index is 10.7. The molecule has 5 heteroatoms. The topological polar surface area (TPSA) is 50.5 Å². The Bertz CT molecular complexity index is 1070. The third-order valence-electron chi connectivity index (χ3n) is 6.17. The average Bonchev–Trinajstić information content (AvgIpc) is 3.57. The van der Waals surface area contributed by atoms with Gasteiger partial charge in [-0.25, -0.2) is 4.68 Å². The minimum absolute atomic E-state index is 0.524. The normalized spacial score (nSPS) is 15.4. The van der Waals surface area contributed by atoms with Gasteiger partial charge in [-0.2, -0.15) is 5.10 Å². The molecular weight excluding hydrogens is 410 g/mol. The van der Waals surface area contributed by atoms with Crippen molar-refractivity contribution in [3.63, 3.8) is 0 Å². The summed E-state index contributed by atoms with van der Waals surface area (Å²) in [7, 11) is 0. The number of rotatable bonds is 11. The van der Waals surface area contributed by atoms with E-state index >= 15 is 0 Å². The molecule has 174 valence electrons. The molecule has 4 rings (SSSR count). The summed E-state index contributed by atoms with van der Waals surface area (Å²) in [5.41, 5.74) is 3.29. The molecule has 33 heavy (non-hydrogen) atoms. The first kappa shape index (κ1) is 23.3. The fourth-order valence-corrected chi connectivity index (χ4v) is 4.08. The Morgan fingerprint density at radius 2 is 1.88 bits per heavy atom. The van der Waals surface area contributed by atoms with E-state index in [1.54, 1.807) is 6.08 Å². The van der Waals surface area contributed by atoms with Gasteiger partial charge in [-0.05, 0) is 63.3 Å². The van der Waals surface area contributed by atoms with Crippen LogP contribution in [-0.4, -0.2) is 38.5 Å². The summed E-state index contributed by atoms with van der Waals surface area (Å²) in [5, 5.41) is 15.7. The smallest absolute Gasteiger partial charge is 0.227 e. The number of ether oxygens (including phenoxy) is 1. The quantitative estimate of drug-likeness (QED) is 0.386. The van der Waals surface area contributed by atoms with Gasteiger partial charge in [0.05, 0.1) is 22.5 Å². The molecule has 2 aromatic carbocycles. The highest BCUT2D eigenvalue weighted by Gasteiger charge is 2.30. The Balaban J connectivity index is 1.75. The molecule has 1 atom stereocenters. The Kier molecular flexibility index (Phi) is 7.01. The zero-order valence-electron chi connectivity index (χ0n) is 20.0. The first-order valence-electron chi connectivity index (χ1n) is 11.9. The van der Waals surface area contributed by atoms with Gasteiger partial charge in [0.2, 0.25) is 5.88 Å². The standard InChI is InChI=1S/C28H35N3O2/c1-5-26-25(19-30(18-22-14-15-22)20-28(4,32)6-2)27(33-24-16-12-21(3)13-17-24)31(29-26)23-10-8-7-9-11-23/h6-13,16-17,22,32H,2,5,14-15,18-20H2,1,3-4H3/t28-/m1/s1. The van der Waals surface area contributed by atoms with Crippen LogP contribution in [0.2, 0.25) is 0 Å². The molecule has 3 aromatic rings. The molecule has 1 aliphatic rings. The number of aromatic nitrogens is 2. The van der Waals surface area contributed by atoms with Crippen molar-refractivity contribution in [2.24, 2.45) is 5.92 Å². The van der Waals surface area contributed by atoms with Crippen molar-refractivity contribution in [1.29, 1.82) is 0 Å². The number of aliphatic hydroxyl groups is 1. The van der Waals surface area contributed by atoms with E-state index in [0.29, 0.717) is 19.0 Å². The molecule has 1 N–H and O–H groups in total. The number of para-hydroxylation sites is 1. The molecule has 0 radical (unpaired) electrons. The minimum atomic E-state index is -0.950. The van der Waals surface area contributed by atoms with Gasteiger partial charge >= 0.3 is 0 Å². The maximum atomic E-state index is 10.7. The lowest BCUT2D eigenvalue weighted by atomic mass is 10.1. The SMILES string of the molecule is C=C[C@@](C)(O)CN(Cc1c(CC)nn(-c2ccccc2)c1Oc1ccc(C)cc1)CC1CC1. The largest absolute Gasteiger partial charge is 0.439 e. The summed E-state index contributed by atoms with van der Waals surface area (Å²) in [5.74, 6) is 2.22. The summed E-state index contributed by atoms with van der Waals surface area (Å²) >= 11 is 0. The van der Waals surface area contributed by atoms with E-state index in [1.165, 1.54) is 18.4 Å². The number of hydrogen-bond donors (Lipinski definition) is 1. The fourth-order valence-electron chi connectivity index (χ4n) is 4.08. The van der Waals surface area contributed by atoms with Crippen LogP contribution in [0, 0.1) is 12.8 Å². The van der Waals surface area contributed by atoms with Crippen molar-refractivity contribution in [2.75, 3.05) is 13.1 Å². The van der Waals surface area contributed by atoms with Gasteiger partial charge in [0.15, 0.2) is 0 Å². The van der Waals surface area contributed by atoms with Crippen LogP contribution in [0.15, 0.2) is 67.3 Å². The number of aryl methyl sites for hydroxylation is 2. The molecule has 0 spiro atoms. The third kappa shape index (κ3) is 5.92. The fraction of sp³-hybridized carbons (Fsp3) is 0.393. The molecule has 1 aliphatic carbocycles. The molecule has 0 unspecified atom stereocenters. The van der Waals surface area contributed by atoms with Gasteiger partial charge in [0.25, 0.3) is 0 Å².